The normalized spacial score (nSPS) is 18.1. The van der Waals surface area contributed by atoms with Gasteiger partial charge in [-0.25, -0.2) is 4.98 Å². The zero-order valence-electron chi connectivity index (χ0n) is 11.0. The van der Waals surface area contributed by atoms with Gasteiger partial charge in [-0.15, -0.1) is 11.8 Å². The Morgan fingerprint density at radius 2 is 2.30 bits per heavy atom. The van der Waals surface area contributed by atoms with Crippen molar-refractivity contribution in [1.82, 2.24) is 20.5 Å². The maximum atomic E-state index is 12.2. The Morgan fingerprint density at radius 3 is 3.00 bits per heavy atom. The van der Waals surface area contributed by atoms with Crippen LogP contribution in [-0.2, 0) is 4.79 Å². The van der Waals surface area contributed by atoms with Gasteiger partial charge in [0.05, 0.1) is 11.7 Å². The smallest absolute Gasteiger partial charge is 0.242 e. The summed E-state index contributed by atoms with van der Waals surface area (Å²) in [5.41, 5.74) is 1.55. The molecule has 1 aromatic heterocycles. The molecule has 1 amide bonds. The number of anilines is 1. The molecule has 1 saturated heterocycles. The minimum absolute atomic E-state index is 0.0188. The number of para-hydroxylation sites is 1. The minimum atomic E-state index is -0.137. The second kappa shape index (κ2) is 5.64. The van der Waals surface area contributed by atoms with Gasteiger partial charge >= 0.3 is 0 Å². The molecular formula is C13H15N5OS. The van der Waals surface area contributed by atoms with Crippen LogP contribution >= 0.6 is 11.8 Å². The molecule has 104 valence electrons. The Balaban J connectivity index is 1.84. The second-order valence-corrected chi connectivity index (χ2v) is 5.58. The van der Waals surface area contributed by atoms with E-state index < -0.39 is 0 Å². The van der Waals surface area contributed by atoms with Gasteiger partial charge in [0.1, 0.15) is 5.82 Å². The number of carbonyl (C=O) groups is 1. The molecule has 0 spiro atoms. The van der Waals surface area contributed by atoms with Crippen molar-refractivity contribution in [2.24, 2.45) is 0 Å². The van der Waals surface area contributed by atoms with E-state index in [0.717, 1.165) is 28.7 Å². The Kier molecular flexibility index (Phi) is 3.70. The third-order valence-electron chi connectivity index (χ3n) is 3.06. The first-order valence-electron chi connectivity index (χ1n) is 6.34. The number of benzene rings is 1. The summed E-state index contributed by atoms with van der Waals surface area (Å²) < 4.78 is 0. The highest BCUT2D eigenvalue weighted by Crippen LogP contribution is 2.25. The van der Waals surface area contributed by atoms with Gasteiger partial charge in [0, 0.05) is 17.2 Å². The summed E-state index contributed by atoms with van der Waals surface area (Å²) in [6.45, 7) is 1.84. The van der Waals surface area contributed by atoms with E-state index in [4.69, 9.17) is 0 Å². The average Bonchev–Trinajstić information content (AvgIpc) is 3.10. The van der Waals surface area contributed by atoms with E-state index in [2.05, 4.69) is 25.8 Å². The number of aromatic nitrogens is 3. The number of rotatable bonds is 3. The molecule has 3 rings (SSSR count). The fourth-order valence-electron chi connectivity index (χ4n) is 2.03. The highest BCUT2D eigenvalue weighted by atomic mass is 32.2. The van der Waals surface area contributed by atoms with E-state index in [1.807, 2.05) is 31.2 Å². The molecule has 7 heteroatoms. The first-order chi connectivity index (χ1) is 9.74. The SMILES string of the molecule is Cc1nc(-c2ccccc2NC(=O)C2CSCN2)n[nH]1. The van der Waals surface area contributed by atoms with Gasteiger partial charge < -0.3 is 5.32 Å². The van der Waals surface area contributed by atoms with Crippen molar-refractivity contribution in [3.8, 4) is 11.4 Å². The van der Waals surface area contributed by atoms with Crippen molar-refractivity contribution < 1.29 is 4.79 Å². The van der Waals surface area contributed by atoms with Crippen LogP contribution in [0.4, 0.5) is 5.69 Å². The van der Waals surface area contributed by atoms with Crippen molar-refractivity contribution in [1.29, 1.82) is 0 Å². The van der Waals surface area contributed by atoms with Crippen LogP contribution in [0.25, 0.3) is 11.4 Å². The first kappa shape index (κ1) is 13.1. The molecule has 1 fully saturated rings. The van der Waals surface area contributed by atoms with Crippen LogP contribution in [0.5, 0.6) is 0 Å². The lowest BCUT2D eigenvalue weighted by atomic mass is 10.1. The molecule has 1 aliphatic heterocycles. The van der Waals surface area contributed by atoms with Crippen LogP contribution < -0.4 is 10.6 Å². The van der Waals surface area contributed by atoms with Gasteiger partial charge in [-0.2, -0.15) is 5.10 Å². The van der Waals surface area contributed by atoms with Gasteiger partial charge in [0.2, 0.25) is 5.91 Å². The van der Waals surface area contributed by atoms with Crippen molar-refractivity contribution in [3.63, 3.8) is 0 Å². The van der Waals surface area contributed by atoms with Gasteiger partial charge in [0.25, 0.3) is 0 Å². The number of H-pyrrole nitrogens is 1. The number of nitrogens with one attached hydrogen (secondary N) is 3. The van der Waals surface area contributed by atoms with Gasteiger partial charge in [0.15, 0.2) is 5.82 Å². The molecule has 2 heterocycles. The van der Waals surface area contributed by atoms with E-state index in [-0.39, 0.29) is 11.9 Å². The first-order valence-corrected chi connectivity index (χ1v) is 7.50. The van der Waals surface area contributed by atoms with Crippen LogP contribution in [0.3, 0.4) is 0 Å². The fourth-order valence-corrected chi connectivity index (χ4v) is 2.98. The van der Waals surface area contributed by atoms with Crippen LogP contribution in [-0.4, -0.2) is 38.8 Å². The molecule has 1 unspecified atom stereocenters. The van der Waals surface area contributed by atoms with Crippen molar-refractivity contribution >= 4 is 23.4 Å². The number of amides is 1. The average molecular weight is 289 g/mol. The van der Waals surface area contributed by atoms with Gasteiger partial charge in [-0.1, -0.05) is 12.1 Å². The third-order valence-corrected chi connectivity index (χ3v) is 4.00. The summed E-state index contributed by atoms with van der Waals surface area (Å²) in [7, 11) is 0. The molecule has 20 heavy (non-hydrogen) atoms. The maximum Gasteiger partial charge on any atom is 0.242 e. The van der Waals surface area contributed by atoms with E-state index >= 15 is 0 Å². The highest BCUT2D eigenvalue weighted by Gasteiger charge is 2.23. The number of hydrogen-bond donors (Lipinski definition) is 3. The topological polar surface area (TPSA) is 82.7 Å². The van der Waals surface area contributed by atoms with Gasteiger partial charge in [-0.3, -0.25) is 15.2 Å². The molecule has 1 atom stereocenters. The van der Waals surface area contributed by atoms with E-state index in [0.29, 0.717) is 5.82 Å². The third kappa shape index (κ3) is 2.68. The summed E-state index contributed by atoms with van der Waals surface area (Å²) in [4.78, 5) is 16.5. The van der Waals surface area contributed by atoms with Crippen LogP contribution in [0, 0.1) is 6.92 Å². The predicted molar refractivity (Wildman–Crippen MR) is 79.4 cm³/mol. The number of aryl methyl sites for hydroxylation is 1. The highest BCUT2D eigenvalue weighted by molar-refractivity contribution is 7.99. The van der Waals surface area contributed by atoms with Crippen LogP contribution in [0.2, 0.25) is 0 Å². The number of aromatic amines is 1. The maximum absolute atomic E-state index is 12.2. The van der Waals surface area contributed by atoms with Crippen LogP contribution in [0.15, 0.2) is 24.3 Å². The van der Waals surface area contributed by atoms with E-state index in [1.54, 1.807) is 11.8 Å². The molecule has 0 bridgehead atoms. The summed E-state index contributed by atoms with van der Waals surface area (Å²) in [6, 6.07) is 7.41. The molecule has 6 nitrogen and oxygen atoms in total. The van der Waals surface area contributed by atoms with Crippen molar-refractivity contribution in [3.05, 3.63) is 30.1 Å². The number of nitrogens with zero attached hydrogens (tertiary/aromatic N) is 2. The fraction of sp³-hybridized carbons (Fsp3) is 0.308. The quantitative estimate of drug-likeness (QED) is 0.795. The van der Waals surface area contributed by atoms with Crippen molar-refractivity contribution in [2.75, 3.05) is 16.9 Å². The van der Waals surface area contributed by atoms with Crippen molar-refractivity contribution in [2.45, 2.75) is 13.0 Å². The summed E-state index contributed by atoms with van der Waals surface area (Å²) >= 11 is 1.72. The molecule has 1 aromatic carbocycles. The lowest BCUT2D eigenvalue weighted by molar-refractivity contribution is -0.117. The Hall–Kier alpha value is -1.86. The molecule has 2 aromatic rings. The lowest BCUT2D eigenvalue weighted by Crippen LogP contribution is -2.37. The Morgan fingerprint density at radius 1 is 1.45 bits per heavy atom. The zero-order valence-corrected chi connectivity index (χ0v) is 11.8. The molecule has 0 aliphatic carbocycles. The standard InChI is InChI=1S/C13H15N5OS/c1-8-15-12(18-17-8)9-4-2-3-5-10(9)16-13(19)11-6-20-7-14-11/h2-5,11,14H,6-7H2,1H3,(H,16,19)(H,15,17,18). The number of carbonyl (C=O) groups excluding carboxylic acids is 1. The monoisotopic (exact) mass is 289 g/mol. The molecular weight excluding hydrogens is 274 g/mol. The summed E-state index contributed by atoms with van der Waals surface area (Å²) in [5, 5.41) is 13.1. The Labute approximate surface area is 120 Å². The molecule has 3 N–H and O–H groups in total. The molecule has 0 saturated carbocycles. The lowest BCUT2D eigenvalue weighted by Gasteiger charge is -2.12. The Bertz CT molecular complexity index is 621. The summed E-state index contributed by atoms with van der Waals surface area (Å²) in [6.07, 6.45) is 0. The largest absolute Gasteiger partial charge is 0.324 e. The van der Waals surface area contributed by atoms with Gasteiger partial charge in [-0.05, 0) is 19.1 Å². The van der Waals surface area contributed by atoms with E-state index in [1.165, 1.54) is 0 Å². The predicted octanol–water partition coefficient (Wildman–Crippen LogP) is 1.38. The number of thioether (sulfide) groups is 1. The van der Waals surface area contributed by atoms with Crippen LogP contribution in [0.1, 0.15) is 5.82 Å². The molecule has 1 aliphatic rings. The summed E-state index contributed by atoms with van der Waals surface area (Å²) in [5.74, 6) is 2.94. The van der Waals surface area contributed by atoms with E-state index in [9.17, 15) is 4.79 Å². The molecule has 0 radical (unpaired) electrons. The zero-order chi connectivity index (χ0) is 13.9. The number of hydrogen-bond acceptors (Lipinski definition) is 5. The minimum Gasteiger partial charge on any atom is -0.324 e. The second-order valence-electron chi connectivity index (χ2n) is 4.55.